The first-order valence-electron chi connectivity index (χ1n) is 6.01. The molecule has 1 aliphatic heterocycles. The van der Waals surface area contributed by atoms with E-state index in [0.29, 0.717) is 21.2 Å². The molecule has 0 N–H and O–H groups in total. The van der Waals surface area contributed by atoms with Gasteiger partial charge < -0.3 is 4.90 Å². The van der Waals surface area contributed by atoms with Crippen LogP contribution in [0.15, 0.2) is 70.6 Å². The number of anilines is 2. The Kier molecular flexibility index (Phi) is 2.68. The van der Waals surface area contributed by atoms with Crippen LogP contribution in [0.2, 0.25) is 0 Å². The summed E-state index contributed by atoms with van der Waals surface area (Å²) in [6.45, 7) is 1.91. The van der Waals surface area contributed by atoms with Gasteiger partial charge in [0.25, 0.3) is 0 Å². The SMILES string of the molecule is C/C=C/N1c2ccccc2S(=O)(=O)c2ccccc21. The number of fused-ring (bicyclic) bond motifs is 2. The van der Waals surface area contributed by atoms with E-state index in [1.807, 2.05) is 48.4 Å². The van der Waals surface area contributed by atoms with E-state index in [0.717, 1.165) is 0 Å². The maximum absolute atomic E-state index is 12.6. The predicted octanol–water partition coefficient (Wildman–Crippen LogP) is 3.50. The molecule has 0 bridgehead atoms. The molecular formula is C15H13NO2S. The van der Waals surface area contributed by atoms with Crippen molar-refractivity contribution in [2.75, 3.05) is 4.90 Å². The van der Waals surface area contributed by atoms with Crippen LogP contribution in [0.4, 0.5) is 11.4 Å². The Balaban J connectivity index is 2.40. The molecule has 3 rings (SSSR count). The predicted molar refractivity (Wildman–Crippen MR) is 75.3 cm³/mol. The first-order valence-corrected chi connectivity index (χ1v) is 7.50. The molecule has 0 saturated heterocycles. The van der Waals surface area contributed by atoms with Crippen molar-refractivity contribution in [1.29, 1.82) is 0 Å². The molecule has 0 aromatic heterocycles. The van der Waals surface area contributed by atoms with Gasteiger partial charge in [-0.1, -0.05) is 30.3 Å². The van der Waals surface area contributed by atoms with Gasteiger partial charge in [0.2, 0.25) is 9.84 Å². The lowest BCUT2D eigenvalue weighted by Crippen LogP contribution is -2.21. The lowest BCUT2D eigenvalue weighted by molar-refractivity contribution is 0.595. The maximum Gasteiger partial charge on any atom is 0.210 e. The van der Waals surface area contributed by atoms with E-state index in [-0.39, 0.29) is 0 Å². The van der Waals surface area contributed by atoms with E-state index in [1.165, 1.54) is 0 Å². The molecule has 2 aromatic rings. The fraction of sp³-hybridized carbons (Fsp3) is 0.0667. The highest BCUT2D eigenvalue weighted by Gasteiger charge is 2.32. The molecular weight excluding hydrogens is 258 g/mol. The lowest BCUT2D eigenvalue weighted by Gasteiger charge is -2.30. The van der Waals surface area contributed by atoms with Crippen molar-refractivity contribution in [1.82, 2.24) is 0 Å². The number of rotatable bonds is 1. The summed E-state index contributed by atoms with van der Waals surface area (Å²) in [5, 5.41) is 0. The second kappa shape index (κ2) is 4.24. The molecule has 1 heterocycles. The number of nitrogens with zero attached hydrogens (tertiary/aromatic N) is 1. The summed E-state index contributed by atoms with van der Waals surface area (Å²) in [6.07, 6.45) is 3.78. The van der Waals surface area contributed by atoms with E-state index in [2.05, 4.69) is 0 Å². The van der Waals surface area contributed by atoms with Crippen LogP contribution in [0.5, 0.6) is 0 Å². The van der Waals surface area contributed by atoms with E-state index in [4.69, 9.17) is 0 Å². The zero-order valence-electron chi connectivity index (χ0n) is 10.4. The van der Waals surface area contributed by atoms with Gasteiger partial charge in [0.15, 0.2) is 0 Å². The van der Waals surface area contributed by atoms with Crippen molar-refractivity contribution in [2.45, 2.75) is 16.7 Å². The molecule has 0 saturated carbocycles. The minimum atomic E-state index is -3.43. The van der Waals surface area contributed by atoms with E-state index in [1.54, 1.807) is 24.3 Å². The van der Waals surface area contributed by atoms with Crippen LogP contribution in [0.1, 0.15) is 6.92 Å². The summed E-state index contributed by atoms with van der Waals surface area (Å²) in [7, 11) is -3.43. The van der Waals surface area contributed by atoms with Crippen LogP contribution in [-0.4, -0.2) is 8.42 Å². The van der Waals surface area contributed by atoms with Gasteiger partial charge in [0.05, 0.1) is 21.2 Å². The fourth-order valence-electron chi connectivity index (χ4n) is 2.32. The topological polar surface area (TPSA) is 37.4 Å². The summed E-state index contributed by atoms with van der Waals surface area (Å²) in [4.78, 5) is 2.62. The average molecular weight is 271 g/mol. The van der Waals surface area contributed by atoms with Gasteiger partial charge in [0.1, 0.15) is 0 Å². The summed E-state index contributed by atoms with van der Waals surface area (Å²) >= 11 is 0. The Morgan fingerprint density at radius 3 is 1.84 bits per heavy atom. The Labute approximate surface area is 112 Å². The van der Waals surface area contributed by atoms with Crippen LogP contribution in [0.3, 0.4) is 0 Å². The van der Waals surface area contributed by atoms with Gasteiger partial charge in [0, 0.05) is 6.20 Å². The van der Waals surface area contributed by atoms with Crippen molar-refractivity contribution >= 4 is 21.2 Å². The van der Waals surface area contributed by atoms with Crippen molar-refractivity contribution in [3.8, 4) is 0 Å². The van der Waals surface area contributed by atoms with Crippen LogP contribution >= 0.6 is 0 Å². The molecule has 0 unspecified atom stereocenters. The molecule has 19 heavy (non-hydrogen) atoms. The van der Waals surface area contributed by atoms with Gasteiger partial charge >= 0.3 is 0 Å². The highest BCUT2D eigenvalue weighted by Crippen LogP contribution is 2.43. The Morgan fingerprint density at radius 1 is 0.895 bits per heavy atom. The molecule has 0 atom stereocenters. The maximum atomic E-state index is 12.6. The first kappa shape index (κ1) is 12.0. The number of hydrogen-bond donors (Lipinski definition) is 0. The molecule has 0 spiro atoms. The van der Waals surface area contributed by atoms with Crippen molar-refractivity contribution < 1.29 is 8.42 Å². The molecule has 1 aliphatic rings. The summed E-state index contributed by atoms with van der Waals surface area (Å²) in [5.41, 5.74) is 1.39. The molecule has 96 valence electrons. The van der Waals surface area contributed by atoms with E-state index < -0.39 is 9.84 Å². The minimum absolute atomic E-state index is 0.354. The quantitative estimate of drug-likeness (QED) is 0.796. The van der Waals surface area contributed by atoms with Crippen LogP contribution in [-0.2, 0) is 9.84 Å². The Morgan fingerprint density at radius 2 is 1.37 bits per heavy atom. The number of hydrogen-bond acceptors (Lipinski definition) is 3. The number of para-hydroxylation sites is 2. The molecule has 3 nitrogen and oxygen atoms in total. The zero-order chi connectivity index (χ0) is 13.5. The molecule has 0 amide bonds. The molecule has 2 aromatic carbocycles. The second-order valence-corrected chi connectivity index (χ2v) is 6.18. The van der Waals surface area contributed by atoms with Crippen LogP contribution in [0.25, 0.3) is 0 Å². The zero-order valence-corrected chi connectivity index (χ0v) is 11.3. The fourth-order valence-corrected chi connectivity index (χ4v) is 3.96. The third-order valence-corrected chi connectivity index (χ3v) is 4.98. The van der Waals surface area contributed by atoms with E-state index in [9.17, 15) is 8.42 Å². The van der Waals surface area contributed by atoms with E-state index >= 15 is 0 Å². The lowest BCUT2D eigenvalue weighted by atomic mass is 10.2. The van der Waals surface area contributed by atoms with Gasteiger partial charge in [-0.25, -0.2) is 8.42 Å². The van der Waals surface area contributed by atoms with Gasteiger partial charge in [-0.05, 0) is 31.2 Å². The van der Waals surface area contributed by atoms with Gasteiger partial charge in [-0.3, -0.25) is 0 Å². The van der Waals surface area contributed by atoms with Crippen molar-refractivity contribution in [2.24, 2.45) is 0 Å². The first-order chi connectivity index (χ1) is 9.16. The normalized spacial score (nSPS) is 16.2. The highest BCUT2D eigenvalue weighted by molar-refractivity contribution is 7.92. The van der Waals surface area contributed by atoms with Crippen LogP contribution in [0, 0.1) is 0 Å². The molecule has 0 radical (unpaired) electrons. The number of allylic oxidation sites excluding steroid dienone is 1. The monoisotopic (exact) mass is 271 g/mol. The molecule has 0 fully saturated rings. The largest absolute Gasteiger partial charge is 0.315 e. The highest BCUT2D eigenvalue weighted by atomic mass is 32.2. The number of sulfone groups is 1. The summed E-state index contributed by atoms with van der Waals surface area (Å²) in [6, 6.07) is 14.1. The second-order valence-electron chi connectivity index (χ2n) is 4.29. The number of benzene rings is 2. The minimum Gasteiger partial charge on any atom is -0.315 e. The Bertz CT molecular complexity index is 710. The van der Waals surface area contributed by atoms with Gasteiger partial charge in [-0.15, -0.1) is 0 Å². The summed E-state index contributed by atoms with van der Waals surface area (Å²) in [5.74, 6) is 0. The average Bonchev–Trinajstić information content (AvgIpc) is 2.44. The third kappa shape index (κ3) is 1.68. The van der Waals surface area contributed by atoms with Crippen molar-refractivity contribution in [3.63, 3.8) is 0 Å². The standard InChI is InChI=1S/C15H13NO2S/c1-2-11-16-12-7-3-5-9-14(12)19(17,18)15-10-6-4-8-13(15)16/h2-11H,1H3/b11-2+. The smallest absolute Gasteiger partial charge is 0.210 e. The van der Waals surface area contributed by atoms with Crippen molar-refractivity contribution in [3.05, 3.63) is 60.8 Å². The van der Waals surface area contributed by atoms with Gasteiger partial charge in [-0.2, -0.15) is 0 Å². The summed E-state index contributed by atoms with van der Waals surface area (Å²) < 4.78 is 25.2. The molecule has 0 aliphatic carbocycles. The van der Waals surface area contributed by atoms with Crippen LogP contribution < -0.4 is 4.90 Å². The molecule has 4 heteroatoms. The Hall–Kier alpha value is -2.07. The third-order valence-electron chi connectivity index (χ3n) is 3.13.